The van der Waals surface area contributed by atoms with Crippen LogP contribution in [-0.4, -0.2) is 17.5 Å². The lowest BCUT2D eigenvalue weighted by Gasteiger charge is -2.09. The molecule has 1 heterocycles. The minimum Gasteiger partial charge on any atom is -0.484 e. The zero-order chi connectivity index (χ0) is 17.8. The Morgan fingerprint density at radius 3 is 2.64 bits per heavy atom. The van der Waals surface area contributed by atoms with E-state index in [1.807, 2.05) is 36.6 Å². The third-order valence-electron chi connectivity index (χ3n) is 3.32. The number of rotatable bonds is 5. The molecule has 1 amide bonds. The number of anilines is 1. The van der Waals surface area contributed by atoms with Crippen LogP contribution in [-0.2, 0) is 4.79 Å². The molecule has 0 radical (unpaired) electrons. The van der Waals surface area contributed by atoms with Crippen LogP contribution >= 0.6 is 34.5 Å². The summed E-state index contributed by atoms with van der Waals surface area (Å²) in [5.74, 6) is 0.285. The van der Waals surface area contributed by atoms with Gasteiger partial charge in [0.25, 0.3) is 5.91 Å². The first-order valence-corrected chi connectivity index (χ1v) is 9.06. The Kier molecular flexibility index (Phi) is 5.58. The van der Waals surface area contributed by atoms with Gasteiger partial charge in [0.2, 0.25) is 0 Å². The van der Waals surface area contributed by atoms with Crippen molar-refractivity contribution in [2.45, 2.75) is 6.92 Å². The molecule has 1 N–H and O–H groups in total. The molecule has 0 aliphatic rings. The molecule has 0 atom stereocenters. The summed E-state index contributed by atoms with van der Waals surface area (Å²) in [5.41, 5.74) is 2.47. The summed E-state index contributed by atoms with van der Waals surface area (Å²) in [6.07, 6.45) is 0. The number of aryl methyl sites for hydroxylation is 1. The molecule has 0 aliphatic heterocycles. The third-order valence-corrected chi connectivity index (χ3v) is 5.14. The van der Waals surface area contributed by atoms with Crippen molar-refractivity contribution in [3.8, 4) is 16.3 Å². The van der Waals surface area contributed by atoms with Gasteiger partial charge in [-0.25, -0.2) is 4.98 Å². The van der Waals surface area contributed by atoms with Crippen molar-refractivity contribution in [3.63, 3.8) is 0 Å². The van der Waals surface area contributed by atoms with E-state index < -0.39 is 0 Å². The highest BCUT2D eigenvalue weighted by atomic mass is 35.5. The molecule has 0 saturated heterocycles. The molecular weight excluding hydrogens is 379 g/mol. The largest absolute Gasteiger partial charge is 0.484 e. The molecule has 3 aromatic rings. The van der Waals surface area contributed by atoms with Crippen LogP contribution in [0.4, 0.5) is 5.69 Å². The number of benzene rings is 2. The molecule has 25 heavy (non-hydrogen) atoms. The van der Waals surface area contributed by atoms with Crippen LogP contribution in [0.5, 0.6) is 5.75 Å². The van der Waals surface area contributed by atoms with Crippen molar-refractivity contribution in [1.82, 2.24) is 4.98 Å². The molecule has 0 fully saturated rings. The van der Waals surface area contributed by atoms with Crippen molar-refractivity contribution < 1.29 is 9.53 Å². The lowest BCUT2D eigenvalue weighted by Crippen LogP contribution is -2.20. The zero-order valence-electron chi connectivity index (χ0n) is 13.3. The van der Waals surface area contributed by atoms with Gasteiger partial charge in [0, 0.05) is 16.6 Å². The fourth-order valence-electron chi connectivity index (χ4n) is 2.12. The number of halogens is 2. The Hall–Kier alpha value is -2.08. The molecule has 4 nitrogen and oxygen atoms in total. The predicted molar refractivity (Wildman–Crippen MR) is 103 cm³/mol. The van der Waals surface area contributed by atoms with Gasteiger partial charge < -0.3 is 10.1 Å². The van der Waals surface area contributed by atoms with Crippen LogP contribution in [0.1, 0.15) is 5.69 Å². The second kappa shape index (κ2) is 7.87. The Bertz CT molecular complexity index is 894. The molecule has 0 bridgehead atoms. The van der Waals surface area contributed by atoms with Crippen LogP contribution < -0.4 is 10.1 Å². The van der Waals surface area contributed by atoms with Gasteiger partial charge in [-0.3, -0.25) is 4.79 Å². The minimum absolute atomic E-state index is 0.126. The average molecular weight is 393 g/mol. The van der Waals surface area contributed by atoms with E-state index in [2.05, 4.69) is 10.3 Å². The predicted octanol–water partition coefficient (Wildman–Crippen LogP) is 5.44. The summed E-state index contributed by atoms with van der Waals surface area (Å²) < 4.78 is 5.50. The Labute approximate surface area is 159 Å². The van der Waals surface area contributed by atoms with Crippen molar-refractivity contribution in [1.29, 1.82) is 0 Å². The number of hydrogen-bond acceptors (Lipinski definition) is 4. The van der Waals surface area contributed by atoms with Gasteiger partial charge >= 0.3 is 0 Å². The van der Waals surface area contributed by atoms with Gasteiger partial charge in [-0.2, -0.15) is 0 Å². The summed E-state index contributed by atoms with van der Waals surface area (Å²) in [6, 6.07) is 12.5. The number of nitrogens with zero attached hydrogens (tertiary/aromatic N) is 1. The van der Waals surface area contributed by atoms with E-state index in [9.17, 15) is 4.79 Å². The Morgan fingerprint density at radius 1 is 1.20 bits per heavy atom. The van der Waals surface area contributed by atoms with Crippen LogP contribution in [0, 0.1) is 6.92 Å². The Balaban J connectivity index is 1.58. The smallest absolute Gasteiger partial charge is 0.262 e. The fraction of sp³-hybridized carbons (Fsp3) is 0.111. The molecular formula is C18H14Cl2N2O2S. The number of thiazole rings is 1. The standard InChI is InChI=1S/C18H14Cl2N2O2S/c1-11-10-25-18(21-11)12-5-7-13(8-6-12)24-9-16(23)22-15-4-2-3-14(19)17(15)20/h2-8,10H,9H2,1H3,(H,22,23). The highest BCUT2D eigenvalue weighted by Crippen LogP contribution is 2.29. The second-order valence-corrected chi connectivity index (χ2v) is 6.90. The van der Waals surface area contributed by atoms with E-state index in [1.165, 1.54) is 0 Å². The number of carbonyl (C=O) groups excluding carboxylic acids is 1. The van der Waals surface area contributed by atoms with Gasteiger partial charge in [0.15, 0.2) is 6.61 Å². The average Bonchev–Trinajstić information content (AvgIpc) is 3.04. The molecule has 3 rings (SSSR count). The lowest BCUT2D eigenvalue weighted by atomic mass is 10.2. The molecule has 2 aromatic carbocycles. The number of amides is 1. The number of hydrogen-bond donors (Lipinski definition) is 1. The molecule has 0 unspecified atom stereocenters. The van der Waals surface area contributed by atoms with Crippen LogP contribution in [0.2, 0.25) is 10.0 Å². The molecule has 1 aromatic heterocycles. The summed E-state index contributed by atoms with van der Waals surface area (Å²) in [5, 5.41) is 6.32. The van der Waals surface area contributed by atoms with Gasteiger partial charge in [0.05, 0.1) is 15.7 Å². The molecule has 0 saturated carbocycles. The van der Waals surface area contributed by atoms with Crippen LogP contribution in [0.25, 0.3) is 10.6 Å². The van der Waals surface area contributed by atoms with E-state index in [0.717, 1.165) is 16.3 Å². The molecule has 128 valence electrons. The minimum atomic E-state index is -0.316. The van der Waals surface area contributed by atoms with Gasteiger partial charge in [-0.1, -0.05) is 29.3 Å². The van der Waals surface area contributed by atoms with Crippen LogP contribution in [0.3, 0.4) is 0 Å². The summed E-state index contributed by atoms with van der Waals surface area (Å²) >= 11 is 13.5. The molecule has 7 heteroatoms. The second-order valence-electron chi connectivity index (χ2n) is 5.26. The van der Waals surface area contributed by atoms with Crippen molar-refractivity contribution >= 4 is 46.1 Å². The maximum atomic E-state index is 12.0. The van der Waals surface area contributed by atoms with E-state index in [-0.39, 0.29) is 12.5 Å². The van der Waals surface area contributed by atoms with E-state index in [4.69, 9.17) is 27.9 Å². The highest BCUT2D eigenvalue weighted by Gasteiger charge is 2.09. The number of aromatic nitrogens is 1. The van der Waals surface area contributed by atoms with Crippen molar-refractivity contribution in [3.05, 3.63) is 63.6 Å². The highest BCUT2D eigenvalue weighted by molar-refractivity contribution is 7.13. The monoisotopic (exact) mass is 392 g/mol. The number of carbonyl (C=O) groups is 1. The summed E-state index contributed by atoms with van der Waals surface area (Å²) in [4.78, 5) is 16.4. The SMILES string of the molecule is Cc1csc(-c2ccc(OCC(=O)Nc3cccc(Cl)c3Cl)cc2)n1. The normalized spacial score (nSPS) is 10.5. The summed E-state index contributed by atoms with van der Waals surface area (Å²) in [6.45, 7) is 1.83. The first-order valence-electron chi connectivity index (χ1n) is 7.42. The maximum absolute atomic E-state index is 12.0. The number of ether oxygens (including phenoxy) is 1. The zero-order valence-corrected chi connectivity index (χ0v) is 15.6. The summed E-state index contributed by atoms with van der Waals surface area (Å²) in [7, 11) is 0. The van der Waals surface area contributed by atoms with E-state index in [0.29, 0.717) is 21.5 Å². The van der Waals surface area contributed by atoms with Crippen LogP contribution in [0.15, 0.2) is 47.8 Å². The van der Waals surface area contributed by atoms with Gasteiger partial charge in [-0.05, 0) is 43.3 Å². The van der Waals surface area contributed by atoms with Gasteiger partial charge in [0.1, 0.15) is 10.8 Å². The molecule has 0 aliphatic carbocycles. The first-order chi connectivity index (χ1) is 12.0. The van der Waals surface area contributed by atoms with Crippen molar-refractivity contribution in [2.24, 2.45) is 0 Å². The van der Waals surface area contributed by atoms with E-state index >= 15 is 0 Å². The van der Waals surface area contributed by atoms with Gasteiger partial charge in [-0.15, -0.1) is 11.3 Å². The number of nitrogens with one attached hydrogen (secondary N) is 1. The Morgan fingerprint density at radius 2 is 1.96 bits per heavy atom. The molecule has 0 spiro atoms. The van der Waals surface area contributed by atoms with Crippen molar-refractivity contribution in [2.75, 3.05) is 11.9 Å². The maximum Gasteiger partial charge on any atom is 0.262 e. The van der Waals surface area contributed by atoms with E-state index in [1.54, 1.807) is 29.5 Å². The quantitative estimate of drug-likeness (QED) is 0.628. The third kappa shape index (κ3) is 4.51. The topological polar surface area (TPSA) is 51.2 Å². The first kappa shape index (κ1) is 17.7. The fourth-order valence-corrected chi connectivity index (χ4v) is 3.27. The lowest BCUT2D eigenvalue weighted by molar-refractivity contribution is -0.118.